The van der Waals surface area contributed by atoms with Gasteiger partial charge in [0.05, 0.1) is 4.90 Å². The summed E-state index contributed by atoms with van der Waals surface area (Å²) in [7, 11) is -4.66. The average Bonchev–Trinajstić information content (AvgIpc) is 2.58. The molecule has 4 heteroatoms. The van der Waals surface area contributed by atoms with Crippen LogP contribution < -0.4 is 0 Å². The van der Waals surface area contributed by atoms with Crippen LogP contribution in [-0.2, 0) is 15.6 Å². The van der Waals surface area contributed by atoms with Gasteiger partial charge in [0.25, 0.3) is 0 Å². The molecule has 0 radical (unpaired) electrons. The Bertz CT molecular complexity index is 776. The number of benzene rings is 2. The normalized spacial score (nSPS) is 15.9. The first-order valence-corrected chi connectivity index (χ1v) is 7.39. The number of hydrogen-bond donors (Lipinski definition) is 0. The molecule has 2 aromatic rings. The van der Waals surface area contributed by atoms with E-state index in [4.69, 9.17) is 0 Å². The third kappa shape index (κ3) is 1.70. The molecule has 1 aliphatic carbocycles. The molecule has 0 amide bonds. The van der Waals surface area contributed by atoms with E-state index in [2.05, 4.69) is 0 Å². The van der Waals surface area contributed by atoms with Crippen LogP contribution in [-0.4, -0.2) is 8.42 Å². The van der Waals surface area contributed by atoms with Crippen LogP contribution in [0, 0.1) is 0 Å². The van der Waals surface area contributed by atoms with Crippen LogP contribution in [0.15, 0.2) is 47.4 Å². The zero-order valence-corrected chi connectivity index (χ0v) is 11.5. The second kappa shape index (κ2) is 3.67. The maximum atomic E-state index is 13.1. The van der Waals surface area contributed by atoms with Crippen molar-refractivity contribution in [3.05, 3.63) is 53.6 Å². The summed E-state index contributed by atoms with van der Waals surface area (Å²) < 4.78 is 35.2. The number of hydrogen-bond acceptors (Lipinski definition) is 2. The van der Waals surface area contributed by atoms with Gasteiger partial charge in [0.15, 0.2) is 0 Å². The van der Waals surface area contributed by atoms with Gasteiger partial charge in [0, 0.05) is 5.41 Å². The highest BCUT2D eigenvalue weighted by Gasteiger charge is 2.35. The number of halogens is 1. The molecular formula is C15H13FO2S. The topological polar surface area (TPSA) is 34.1 Å². The predicted molar refractivity (Wildman–Crippen MR) is 72.3 cm³/mol. The van der Waals surface area contributed by atoms with Gasteiger partial charge in [-0.15, -0.1) is 3.89 Å². The van der Waals surface area contributed by atoms with Gasteiger partial charge in [-0.1, -0.05) is 44.2 Å². The highest BCUT2D eigenvalue weighted by Crippen LogP contribution is 2.48. The van der Waals surface area contributed by atoms with E-state index < -0.39 is 10.2 Å². The van der Waals surface area contributed by atoms with Crippen LogP contribution in [0.5, 0.6) is 0 Å². The summed E-state index contributed by atoms with van der Waals surface area (Å²) in [5.74, 6) is 0. The van der Waals surface area contributed by atoms with Crippen LogP contribution in [0.1, 0.15) is 25.0 Å². The van der Waals surface area contributed by atoms with Gasteiger partial charge in [-0.05, 0) is 34.4 Å². The largest absolute Gasteiger partial charge is 0.332 e. The van der Waals surface area contributed by atoms with Crippen molar-refractivity contribution in [2.75, 3.05) is 0 Å². The summed E-state index contributed by atoms with van der Waals surface area (Å²) in [6.07, 6.45) is 0. The number of fused-ring (bicyclic) bond motifs is 3. The zero-order valence-electron chi connectivity index (χ0n) is 10.6. The molecule has 0 spiro atoms. The van der Waals surface area contributed by atoms with Gasteiger partial charge in [-0.3, -0.25) is 0 Å². The maximum absolute atomic E-state index is 13.1. The predicted octanol–water partition coefficient (Wildman–Crippen LogP) is 3.65. The van der Waals surface area contributed by atoms with Crippen molar-refractivity contribution in [1.82, 2.24) is 0 Å². The van der Waals surface area contributed by atoms with Gasteiger partial charge in [0.1, 0.15) is 0 Å². The van der Waals surface area contributed by atoms with E-state index in [0.717, 1.165) is 22.3 Å². The molecule has 0 heterocycles. The van der Waals surface area contributed by atoms with Gasteiger partial charge in [-0.25, -0.2) is 0 Å². The minimum absolute atomic E-state index is 0.271. The van der Waals surface area contributed by atoms with Crippen molar-refractivity contribution in [3.8, 4) is 11.1 Å². The van der Waals surface area contributed by atoms with Gasteiger partial charge in [0.2, 0.25) is 0 Å². The smallest absolute Gasteiger partial charge is 0.189 e. The Balaban J connectivity index is 2.33. The van der Waals surface area contributed by atoms with Crippen LogP contribution in [0.2, 0.25) is 0 Å². The van der Waals surface area contributed by atoms with Crippen molar-refractivity contribution in [1.29, 1.82) is 0 Å². The quantitative estimate of drug-likeness (QED) is 0.745. The molecule has 0 atom stereocenters. The van der Waals surface area contributed by atoms with Gasteiger partial charge < -0.3 is 0 Å². The number of rotatable bonds is 1. The molecule has 3 rings (SSSR count). The third-order valence-electron chi connectivity index (χ3n) is 3.84. The second-order valence-electron chi connectivity index (χ2n) is 5.32. The lowest BCUT2D eigenvalue weighted by Gasteiger charge is -2.21. The molecule has 98 valence electrons. The van der Waals surface area contributed by atoms with Gasteiger partial charge in [-0.2, -0.15) is 8.42 Å². The molecule has 0 fully saturated rings. The van der Waals surface area contributed by atoms with E-state index in [0.29, 0.717) is 0 Å². The van der Waals surface area contributed by atoms with E-state index >= 15 is 0 Å². The Kier molecular flexibility index (Phi) is 2.39. The molecule has 0 aromatic heterocycles. The molecule has 0 bridgehead atoms. The molecule has 1 aliphatic rings. The fraction of sp³-hybridized carbons (Fsp3) is 0.200. The lowest BCUT2D eigenvalue weighted by atomic mass is 9.82. The molecule has 0 aliphatic heterocycles. The molecule has 0 N–H and O–H groups in total. The molecule has 19 heavy (non-hydrogen) atoms. The Morgan fingerprint density at radius 2 is 1.58 bits per heavy atom. The average molecular weight is 276 g/mol. The summed E-state index contributed by atoms with van der Waals surface area (Å²) in [4.78, 5) is -0.271. The standard InChI is InChI=1S/C15H13FO2S/c1-15(2)13-6-4-3-5-11(13)12-8-7-10(9-14(12)15)19(16,17)18/h3-9H,1-2H3. The Morgan fingerprint density at radius 3 is 2.26 bits per heavy atom. The van der Waals surface area contributed by atoms with Crippen LogP contribution in [0.25, 0.3) is 11.1 Å². The highest BCUT2D eigenvalue weighted by molar-refractivity contribution is 7.86. The van der Waals surface area contributed by atoms with Crippen molar-refractivity contribution >= 4 is 10.2 Å². The van der Waals surface area contributed by atoms with Crippen molar-refractivity contribution in [2.45, 2.75) is 24.2 Å². The van der Waals surface area contributed by atoms with E-state index in [1.807, 2.05) is 38.1 Å². The fourth-order valence-electron chi connectivity index (χ4n) is 2.84. The summed E-state index contributed by atoms with van der Waals surface area (Å²) >= 11 is 0. The van der Waals surface area contributed by atoms with Gasteiger partial charge >= 0.3 is 10.2 Å². The fourth-order valence-corrected chi connectivity index (χ4v) is 3.32. The minimum Gasteiger partial charge on any atom is -0.189 e. The summed E-state index contributed by atoms with van der Waals surface area (Å²) in [5.41, 5.74) is 3.75. The van der Waals surface area contributed by atoms with Crippen molar-refractivity contribution < 1.29 is 12.3 Å². The summed E-state index contributed by atoms with van der Waals surface area (Å²) in [6, 6.07) is 12.4. The zero-order chi connectivity index (χ0) is 13.8. The van der Waals surface area contributed by atoms with E-state index in [9.17, 15) is 12.3 Å². The molecule has 2 aromatic carbocycles. The molecule has 0 saturated carbocycles. The van der Waals surface area contributed by atoms with Crippen molar-refractivity contribution in [3.63, 3.8) is 0 Å². The third-order valence-corrected chi connectivity index (χ3v) is 4.65. The van der Waals surface area contributed by atoms with E-state index in [1.165, 1.54) is 12.1 Å². The van der Waals surface area contributed by atoms with Crippen LogP contribution >= 0.6 is 0 Å². The minimum atomic E-state index is -4.66. The lowest BCUT2D eigenvalue weighted by molar-refractivity contribution is 0.551. The van der Waals surface area contributed by atoms with Crippen molar-refractivity contribution in [2.24, 2.45) is 0 Å². The SMILES string of the molecule is CC1(C)c2ccccc2-c2ccc(S(=O)(=O)F)cc21. The maximum Gasteiger partial charge on any atom is 0.332 e. The monoisotopic (exact) mass is 276 g/mol. The highest BCUT2D eigenvalue weighted by atomic mass is 32.3. The Morgan fingerprint density at radius 1 is 0.947 bits per heavy atom. The lowest BCUT2D eigenvalue weighted by Crippen LogP contribution is -2.15. The molecule has 0 unspecified atom stereocenters. The molecule has 0 saturated heterocycles. The Hall–Kier alpha value is -1.68. The summed E-state index contributed by atoms with van der Waals surface area (Å²) in [5, 5.41) is 0. The second-order valence-corrected chi connectivity index (χ2v) is 6.66. The molecule has 2 nitrogen and oxygen atoms in total. The first kappa shape index (κ1) is 12.4. The van der Waals surface area contributed by atoms with E-state index in [1.54, 1.807) is 6.07 Å². The Labute approximate surface area is 112 Å². The first-order valence-electron chi connectivity index (χ1n) is 6.01. The summed E-state index contributed by atoms with van der Waals surface area (Å²) in [6.45, 7) is 4.04. The van der Waals surface area contributed by atoms with Crippen LogP contribution in [0.4, 0.5) is 3.89 Å². The van der Waals surface area contributed by atoms with E-state index in [-0.39, 0.29) is 10.3 Å². The van der Waals surface area contributed by atoms with Crippen LogP contribution in [0.3, 0.4) is 0 Å². The first-order chi connectivity index (χ1) is 8.82. The molecular weight excluding hydrogens is 263 g/mol.